The van der Waals surface area contributed by atoms with Crippen LogP contribution in [0.15, 0.2) is 24.3 Å². The van der Waals surface area contributed by atoms with Gasteiger partial charge >= 0.3 is 5.97 Å². The Hall–Kier alpha value is -1.58. The smallest absolute Gasteiger partial charge is 0.331 e. The lowest BCUT2D eigenvalue weighted by atomic mass is 9.80. The highest BCUT2D eigenvalue weighted by Crippen LogP contribution is 2.52. The molecule has 3 atom stereocenters. The van der Waals surface area contributed by atoms with Crippen molar-refractivity contribution in [3.63, 3.8) is 0 Å². The lowest BCUT2D eigenvalue weighted by molar-refractivity contribution is -0.148. The molecule has 0 spiro atoms. The Labute approximate surface area is 112 Å². The molecule has 102 valence electrons. The van der Waals surface area contributed by atoms with Gasteiger partial charge in [0.05, 0.1) is 7.11 Å². The van der Waals surface area contributed by atoms with Crippen molar-refractivity contribution in [2.75, 3.05) is 12.4 Å². The molecule has 3 unspecified atom stereocenters. The first-order valence-corrected chi connectivity index (χ1v) is 6.76. The van der Waals surface area contributed by atoms with E-state index in [0.717, 1.165) is 19.3 Å². The van der Waals surface area contributed by atoms with Crippen LogP contribution in [0.5, 0.6) is 0 Å². The van der Waals surface area contributed by atoms with Crippen molar-refractivity contribution >= 4 is 11.7 Å². The summed E-state index contributed by atoms with van der Waals surface area (Å²) in [7, 11) is 1.42. The molecule has 19 heavy (non-hydrogen) atoms. The van der Waals surface area contributed by atoms with E-state index in [0.29, 0.717) is 17.5 Å². The Balaban J connectivity index is 1.91. The molecular formula is C15H18FNO2. The molecule has 0 aromatic heterocycles. The highest BCUT2D eigenvalue weighted by Gasteiger charge is 2.56. The van der Waals surface area contributed by atoms with Crippen molar-refractivity contribution in [1.29, 1.82) is 0 Å². The van der Waals surface area contributed by atoms with Crippen molar-refractivity contribution in [1.82, 2.24) is 0 Å². The first-order chi connectivity index (χ1) is 9.14. The number of hydrogen-bond donors (Lipinski definition) is 1. The molecule has 0 saturated heterocycles. The van der Waals surface area contributed by atoms with E-state index >= 15 is 0 Å². The molecule has 3 nitrogen and oxygen atoms in total. The highest BCUT2D eigenvalue weighted by atomic mass is 19.1. The van der Waals surface area contributed by atoms with Crippen molar-refractivity contribution < 1.29 is 13.9 Å². The Morgan fingerprint density at radius 3 is 2.89 bits per heavy atom. The Morgan fingerprint density at radius 2 is 2.32 bits per heavy atom. The molecule has 0 aliphatic heterocycles. The van der Waals surface area contributed by atoms with Gasteiger partial charge in [-0.15, -0.1) is 0 Å². The van der Waals surface area contributed by atoms with Crippen LogP contribution in [0.2, 0.25) is 0 Å². The fourth-order valence-electron chi connectivity index (χ4n) is 3.79. The van der Waals surface area contributed by atoms with Gasteiger partial charge in [0.1, 0.15) is 11.4 Å². The minimum Gasteiger partial charge on any atom is -0.467 e. The predicted molar refractivity (Wildman–Crippen MR) is 70.2 cm³/mol. The van der Waals surface area contributed by atoms with Crippen LogP contribution < -0.4 is 5.32 Å². The molecule has 4 heteroatoms. The fraction of sp³-hybridized carbons (Fsp3) is 0.533. The Morgan fingerprint density at radius 1 is 1.47 bits per heavy atom. The minimum atomic E-state index is -0.661. The molecule has 0 amide bonds. The summed E-state index contributed by atoms with van der Waals surface area (Å²) in [5.74, 6) is 0.371. The van der Waals surface area contributed by atoms with Crippen LogP contribution in [0.1, 0.15) is 25.7 Å². The van der Waals surface area contributed by atoms with Crippen LogP contribution in [-0.4, -0.2) is 18.6 Å². The van der Waals surface area contributed by atoms with E-state index < -0.39 is 5.54 Å². The second kappa shape index (κ2) is 4.51. The van der Waals surface area contributed by atoms with Crippen LogP contribution in [-0.2, 0) is 9.53 Å². The maximum Gasteiger partial charge on any atom is 0.331 e. The molecule has 1 aromatic rings. The van der Waals surface area contributed by atoms with E-state index in [1.54, 1.807) is 12.1 Å². The predicted octanol–water partition coefficient (Wildman–Crippen LogP) is 2.97. The molecule has 2 fully saturated rings. The van der Waals surface area contributed by atoms with Crippen LogP contribution >= 0.6 is 0 Å². The van der Waals surface area contributed by atoms with Gasteiger partial charge in [0.2, 0.25) is 0 Å². The molecule has 2 bridgehead atoms. The van der Waals surface area contributed by atoms with Crippen LogP contribution in [0.4, 0.5) is 10.1 Å². The highest BCUT2D eigenvalue weighted by molar-refractivity contribution is 5.85. The number of methoxy groups -OCH3 is 1. The summed E-state index contributed by atoms with van der Waals surface area (Å²) in [6.07, 6.45) is 4.09. The van der Waals surface area contributed by atoms with Gasteiger partial charge in [-0.1, -0.05) is 6.07 Å². The summed E-state index contributed by atoms with van der Waals surface area (Å²) in [5.41, 5.74) is -0.0104. The number of halogens is 1. The van der Waals surface area contributed by atoms with Gasteiger partial charge in [-0.3, -0.25) is 0 Å². The summed E-state index contributed by atoms with van der Waals surface area (Å²) in [6, 6.07) is 6.27. The maximum absolute atomic E-state index is 13.3. The van der Waals surface area contributed by atoms with E-state index in [9.17, 15) is 9.18 Å². The van der Waals surface area contributed by atoms with Crippen molar-refractivity contribution in [3.05, 3.63) is 30.1 Å². The normalized spacial score (nSPS) is 32.3. The molecule has 2 aliphatic rings. The Kier molecular flexibility index (Phi) is 2.96. The zero-order valence-electron chi connectivity index (χ0n) is 11.0. The fourth-order valence-corrected chi connectivity index (χ4v) is 3.79. The zero-order chi connectivity index (χ0) is 13.5. The lowest BCUT2D eigenvalue weighted by Crippen LogP contribution is -2.51. The number of rotatable bonds is 3. The first-order valence-electron chi connectivity index (χ1n) is 6.76. The molecule has 1 N–H and O–H groups in total. The summed E-state index contributed by atoms with van der Waals surface area (Å²) in [4.78, 5) is 12.2. The monoisotopic (exact) mass is 263 g/mol. The number of benzene rings is 1. The van der Waals surface area contributed by atoms with Crippen molar-refractivity contribution in [3.8, 4) is 0 Å². The number of anilines is 1. The molecule has 3 rings (SSSR count). The van der Waals surface area contributed by atoms with Crippen LogP contribution in [0, 0.1) is 17.7 Å². The van der Waals surface area contributed by atoms with Crippen LogP contribution in [0.25, 0.3) is 0 Å². The van der Waals surface area contributed by atoms with Gasteiger partial charge in [0.25, 0.3) is 0 Å². The van der Waals surface area contributed by atoms with E-state index in [-0.39, 0.29) is 11.8 Å². The molecule has 2 aliphatic carbocycles. The summed E-state index contributed by atoms with van der Waals surface area (Å²) in [6.45, 7) is 0. The Bertz CT molecular complexity index is 505. The first kappa shape index (κ1) is 12.5. The number of carbonyl (C=O) groups is 1. The van der Waals surface area contributed by atoms with E-state index in [1.165, 1.54) is 25.7 Å². The molecule has 1 aromatic carbocycles. The topological polar surface area (TPSA) is 38.3 Å². The third-order valence-corrected chi connectivity index (χ3v) is 4.59. The molecule has 0 radical (unpaired) electrons. The summed E-state index contributed by atoms with van der Waals surface area (Å²) in [5, 5.41) is 3.26. The number of hydrogen-bond acceptors (Lipinski definition) is 3. The molecular weight excluding hydrogens is 245 g/mol. The third-order valence-electron chi connectivity index (χ3n) is 4.59. The molecule has 0 heterocycles. The lowest BCUT2D eigenvalue weighted by Gasteiger charge is -2.36. The van der Waals surface area contributed by atoms with Gasteiger partial charge in [0, 0.05) is 5.69 Å². The second-order valence-corrected chi connectivity index (χ2v) is 5.68. The number of carbonyl (C=O) groups excluding carboxylic acids is 1. The van der Waals surface area contributed by atoms with Gasteiger partial charge in [-0.2, -0.15) is 0 Å². The summed E-state index contributed by atoms with van der Waals surface area (Å²) >= 11 is 0. The number of ether oxygens (including phenoxy) is 1. The average Bonchev–Trinajstić information content (AvgIpc) is 2.98. The summed E-state index contributed by atoms with van der Waals surface area (Å²) < 4.78 is 18.3. The standard InChI is InChI=1S/C15H18FNO2/c1-19-14(18)15(9-10-5-6-11(15)7-10)17-13-4-2-3-12(16)8-13/h2-4,8,10-11,17H,5-7,9H2,1H3. The quantitative estimate of drug-likeness (QED) is 0.852. The minimum absolute atomic E-state index is 0.219. The average molecular weight is 263 g/mol. The second-order valence-electron chi connectivity index (χ2n) is 5.68. The number of fused-ring (bicyclic) bond motifs is 2. The van der Waals surface area contributed by atoms with E-state index in [4.69, 9.17) is 4.74 Å². The SMILES string of the molecule is COC(=O)C1(Nc2cccc(F)c2)CC2CCC1C2. The zero-order valence-corrected chi connectivity index (χ0v) is 11.0. The third kappa shape index (κ3) is 1.99. The van der Waals surface area contributed by atoms with Gasteiger partial charge < -0.3 is 10.1 Å². The maximum atomic E-state index is 13.3. The van der Waals surface area contributed by atoms with E-state index in [2.05, 4.69) is 5.32 Å². The number of esters is 1. The van der Waals surface area contributed by atoms with Gasteiger partial charge in [-0.05, 0) is 55.7 Å². The van der Waals surface area contributed by atoms with Crippen molar-refractivity contribution in [2.24, 2.45) is 11.8 Å². The van der Waals surface area contributed by atoms with E-state index in [1.807, 2.05) is 0 Å². The van der Waals surface area contributed by atoms with Crippen LogP contribution in [0.3, 0.4) is 0 Å². The van der Waals surface area contributed by atoms with Crippen molar-refractivity contribution in [2.45, 2.75) is 31.2 Å². The molecule has 2 saturated carbocycles. The van der Waals surface area contributed by atoms with Gasteiger partial charge in [0.15, 0.2) is 0 Å². The number of nitrogens with one attached hydrogen (secondary N) is 1. The largest absolute Gasteiger partial charge is 0.467 e. The van der Waals surface area contributed by atoms with Gasteiger partial charge in [-0.25, -0.2) is 9.18 Å².